The summed E-state index contributed by atoms with van der Waals surface area (Å²) < 4.78 is 46.6. The van der Waals surface area contributed by atoms with Crippen LogP contribution in [0.3, 0.4) is 0 Å². The molecule has 0 aliphatic carbocycles. The highest BCUT2D eigenvalue weighted by Crippen LogP contribution is 2.33. The highest BCUT2D eigenvalue weighted by Gasteiger charge is 2.24. The second-order valence-electron chi connectivity index (χ2n) is 8.77. The molecule has 7 nitrogen and oxygen atoms in total. The fraction of sp³-hybridized carbons (Fsp3) is 0.444. The number of aromatic nitrogens is 2. The Morgan fingerprint density at radius 1 is 1.11 bits per heavy atom. The molecular weight excluding hydrogens is 468 g/mol. The number of rotatable bonds is 14. The molecule has 0 bridgehead atoms. The number of methoxy groups -OCH3 is 1. The lowest BCUT2D eigenvalue weighted by molar-refractivity contribution is -0.0122. The monoisotopic (exact) mass is 503 g/mol. The summed E-state index contributed by atoms with van der Waals surface area (Å²) in [5.41, 5.74) is 2.26. The summed E-state index contributed by atoms with van der Waals surface area (Å²) in [7, 11) is 1.62. The van der Waals surface area contributed by atoms with Gasteiger partial charge in [0.15, 0.2) is 11.6 Å². The summed E-state index contributed by atoms with van der Waals surface area (Å²) in [6.45, 7) is 7.71. The second-order valence-corrected chi connectivity index (χ2v) is 8.77. The Kier molecular flexibility index (Phi) is 10.4. The van der Waals surface area contributed by atoms with Crippen molar-refractivity contribution in [2.24, 2.45) is 0 Å². The molecule has 0 saturated heterocycles. The normalized spacial score (nSPS) is 12.5. The smallest absolute Gasteiger partial charge is 0.227 e. The molecule has 0 fully saturated rings. The largest absolute Gasteiger partial charge is 0.435 e. The average Bonchev–Trinajstić information content (AvgIpc) is 3.20. The molecule has 1 atom stereocenters. The van der Waals surface area contributed by atoms with Crippen molar-refractivity contribution in [2.75, 3.05) is 33.4 Å². The highest BCUT2D eigenvalue weighted by molar-refractivity contribution is 5.44. The summed E-state index contributed by atoms with van der Waals surface area (Å²) in [6.07, 6.45) is -0.0972. The van der Waals surface area contributed by atoms with Gasteiger partial charge >= 0.3 is 0 Å². The molecule has 1 unspecified atom stereocenters. The van der Waals surface area contributed by atoms with Crippen molar-refractivity contribution >= 4 is 0 Å². The van der Waals surface area contributed by atoms with E-state index in [0.29, 0.717) is 38.5 Å². The lowest BCUT2D eigenvalue weighted by Crippen LogP contribution is -2.37. The Bertz CT molecular complexity index is 1090. The van der Waals surface area contributed by atoms with E-state index in [9.17, 15) is 13.9 Å². The molecule has 3 rings (SSSR count). The van der Waals surface area contributed by atoms with Crippen LogP contribution in [0.25, 0.3) is 5.69 Å². The summed E-state index contributed by atoms with van der Waals surface area (Å²) in [4.78, 5) is 2.03. The van der Waals surface area contributed by atoms with E-state index in [1.807, 2.05) is 56.0 Å². The van der Waals surface area contributed by atoms with Crippen LogP contribution in [0.5, 0.6) is 11.6 Å². The summed E-state index contributed by atoms with van der Waals surface area (Å²) >= 11 is 0. The summed E-state index contributed by atoms with van der Waals surface area (Å²) in [5, 5.41) is 15.3. The highest BCUT2D eigenvalue weighted by atomic mass is 19.1. The van der Waals surface area contributed by atoms with Crippen LogP contribution in [0.2, 0.25) is 0 Å². The first-order chi connectivity index (χ1) is 17.3. The standard InChI is InChI=1S/C27H35F2N3O4/c1-5-25-23(17-31(13-14-34-4)16-22(33)18-35-19(2)3)27(32(30-25)21-9-7-6-8-10-21)36-26-12-11-20(28)15-24(26)29/h6-12,15,19,22,33H,5,13-14,16-18H2,1-4H3. The fourth-order valence-electron chi connectivity index (χ4n) is 3.77. The lowest BCUT2D eigenvalue weighted by atomic mass is 10.1. The molecule has 1 heterocycles. The topological polar surface area (TPSA) is 69.0 Å². The molecule has 9 heteroatoms. The van der Waals surface area contributed by atoms with Crippen molar-refractivity contribution < 1.29 is 28.1 Å². The van der Waals surface area contributed by atoms with Crippen LogP contribution >= 0.6 is 0 Å². The van der Waals surface area contributed by atoms with Crippen molar-refractivity contribution in [2.45, 2.75) is 45.9 Å². The number of benzene rings is 2. The Morgan fingerprint density at radius 2 is 1.86 bits per heavy atom. The number of aryl methyl sites for hydroxylation is 1. The SMILES string of the molecule is CCc1nn(-c2ccccc2)c(Oc2ccc(F)cc2F)c1CN(CCOC)CC(O)COC(C)C. The molecule has 3 aromatic rings. The zero-order chi connectivity index (χ0) is 26.1. The van der Waals surface area contributed by atoms with E-state index in [4.69, 9.17) is 19.3 Å². The third-order valence-electron chi connectivity index (χ3n) is 5.54. The molecule has 0 saturated carbocycles. The third kappa shape index (κ3) is 7.57. The summed E-state index contributed by atoms with van der Waals surface area (Å²) in [6, 6.07) is 12.6. The zero-order valence-electron chi connectivity index (χ0n) is 21.3. The van der Waals surface area contributed by atoms with Gasteiger partial charge in [-0.3, -0.25) is 4.90 Å². The third-order valence-corrected chi connectivity index (χ3v) is 5.54. The Morgan fingerprint density at radius 3 is 2.50 bits per heavy atom. The minimum absolute atomic E-state index is 0.00785. The number of aliphatic hydroxyl groups excluding tert-OH is 1. The minimum Gasteiger partial charge on any atom is -0.435 e. The van der Waals surface area contributed by atoms with E-state index < -0.39 is 17.7 Å². The molecule has 196 valence electrons. The van der Waals surface area contributed by atoms with Gasteiger partial charge in [0, 0.05) is 32.8 Å². The van der Waals surface area contributed by atoms with E-state index in [-0.39, 0.29) is 18.5 Å². The van der Waals surface area contributed by atoms with Gasteiger partial charge in [0.1, 0.15) is 5.82 Å². The van der Waals surface area contributed by atoms with Gasteiger partial charge in [0.25, 0.3) is 0 Å². The predicted octanol–water partition coefficient (Wildman–Crippen LogP) is 4.74. The van der Waals surface area contributed by atoms with Crippen LogP contribution in [0, 0.1) is 11.6 Å². The first-order valence-corrected chi connectivity index (χ1v) is 12.1. The van der Waals surface area contributed by atoms with E-state index in [0.717, 1.165) is 29.1 Å². The average molecular weight is 504 g/mol. The Labute approximate surface area is 211 Å². The maximum absolute atomic E-state index is 14.6. The number of nitrogens with zero attached hydrogens (tertiary/aromatic N) is 3. The van der Waals surface area contributed by atoms with Gasteiger partial charge in [-0.2, -0.15) is 5.10 Å². The molecule has 1 N–H and O–H groups in total. The van der Waals surface area contributed by atoms with Crippen LogP contribution in [0.1, 0.15) is 32.0 Å². The van der Waals surface area contributed by atoms with Crippen LogP contribution in [0.4, 0.5) is 8.78 Å². The zero-order valence-corrected chi connectivity index (χ0v) is 21.3. The Hall–Kier alpha value is -2.85. The molecule has 2 aromatic carbocycles. The molecule has 36 heavy (non-hydrogen) atoms. The molecule has 0 aliphatic rings. The van der Waals surface area contributed by atoms with Gasteiger partial charge in [-0.05, 0) is 44.5 Å². The molecular formula is C27H35F2N3O4. The number of ether oxygens (including phenoxy) is 3. The predicted molar refractivity (Wildman–Crippen MR) is 134 cm³/mol. The number of hydrogen-bond acceptors (Lipinski definition) is 6. The van der Waals surface area contributed by atoms with E-state index in [2.05, 4.69) is 0 Å². The minimum atomic E-state index is -0.808. The van der Waals surface area contributed by atoms with Gasteiger partial charge < -0.3 is 19.3 Å². The van der Waals surface area contributed by atoms with E-state index in [1.165, 1.54) is 6.07 Å². The van der Waals surface area contributed by atoms with Crippen LogP contribution in [-0.4, -0.2) is 65.4 Å². The first-order valence-electron chi connectivity index (χ1n) is 12.1. The molecule has 0 amide bonds. The van der Waals surface area contributed by atoms with Crippen molar-refractivity contribution in [3.63, 3.8) is 0 Å². The van der Waals surface area contributed by atoms with Crippen LogP contribution in [0.15, 0.2) is 48.5 Å². The number of para-hydroxylation sites is 1. The van der Waals surface area contributed by atoms with Gasteiger partial charge in [0.2, 0.25) is 5.88 Å². The van der Waals surface area contributed by atoms with Crippen molar-refractivity contribution in [3.05, 3.63) is 71.4 Å². The van der Waals surface area contributed by atoms with Crippen molar-refractivity contribution in [1.29, 1.82) is 0 Å². The van der Waals surface area contributed by atoms with Crippen molar-refractivity contribution in [3.8, 4) is 17.3 Å². The van der Waals surface area contributed by atoms with Gasteiger partial charge in [-0.25, -0.2) is 13.5 Å². The lowest BCUT2D eigenvalue weighted by Gasteiger charge is -2.25. The number of halogens is 2. The second kappa shape index (κ2) is 13.5. The number of hydrogen-bond donors (Lipinski definition) is 1. The van der Waals surface area contributed by atoms with Gasteiger partial charge in [-0.1, -0.05) is 25.1 Å². The van der Waals surface area contributed by atoms with E-state index in [1.54, 1.807) is 11.8 Å². The first kappa shape index (κ1) is 27.7. The maximum Gasteiger partial charge on any atom is 0.227 e. The fourth-order valence-corrected chi connectivity index (χ4v) is 3.77. The molecule has 1 aromatic heterocycles. The molecule has 0 radical (unpaired) electrons. The van der Waals surface area contributed by atoms with Crippen LogP contribution in [-0.2, 0) is 22.4 Å². The van der Waals surface area contributed by atoms with E-state index >= 15 is 0 Å². The Balaban J connectivity index is 2.00. The maximum atomic E-state index is 14.6. The van der Waals surface area contributed by atoms with Crippen molar-refractivity contribution in [1.82, 2.24) is 14.7 Å². The molecule has 0 aliphatic heterocycles. The number of aliphatic hydroxyl groups is 1. The van der Waals surface area contributed by atoms with Gasteiger partial charge in [-0.15, -0.1) is 0 Å². The van der Waals surface area contributed by atoms with Crippen LogP contribution < -0.4 is 4.74 Å². The van der Waals surface area contributed by atoms with Gasteiger partial charge in [0.05, 0.1) is 42.4 Å². The summed E-state index contributed by atoms with van der Waals surface area (Å²) in [5.74, 6) is -1.27. The quantitative estimate of drug-likeness (QED) is 0.343. The molecule has 0 spiro atoms.